The van der Waals surface area contributed by atoms with E-state index in [-0.39, 0.29) is 5.56 Å². The highest BCUT2D eigenvalue weighted by Gasteiger charge is 2.19. The van der Waals surface area contributed by atoms with Gasteiger partial charge in [0.2, 0.25) is 5.82 Å². The summed E-state index contributed by atoms with van der Waals surface area (Å²) in [4.78, 5) is 9.02. The SMILES string of the molecule is O=[N+]([O-])c1cc(CF)cc(F)c1F. The van der Waals surface area contributed by atoms with Crippen LogP contribution in [0.2, 0.25) is 0 Å². The zero-order valence-corrected chi connectivity index (χ0v) is 6.26. The summed E-state index contributed by atoms with van der Waals surface area (Å²) in [7, 11) is 0. The third-order valence-electron chi connectivity index (χ3n) is 1.42. The summed E-state index contributed by atoms with van der Waals surface area (Å²) in [5, 5.41) is 10.1. The topological polar surface area (TPSA) is 43.1 Å². The molecule has 0 N–H and O–H groups in total. The summed E-state index contributed by atoms with van der Waals surface area (Å²) >= 11 is 0. The predicted octanol–water partition coefficient (Wildman–Crippen LogP) is 2.34. The number of rotatable bonds is 2. The zero-order chi connectivity index (χ0) is 10.0. The molecule has 0 aliphatic rings. The molecule has 0 aliphatic carbocycles. The largest absolute Gasteiger partial charge is 0.308 e. The average molecular weight is 191 g/mol. The van der Waals surface area contributed by atoms with Crippen LogP contribution in [0, 0.1) is 21.7 Å². The van der Waals surface area contributed by atoms with E-state index in [4.69, 9.17) is 0 Å². The number of nitro groups is 1. The fourth-order valence-electron chi connectivity index (χ4n) is 0.839. The Labute approximate surface area is 70.9 Å². The van der Waals surface area contributed by atoms with Crippen LogP contribution in [0.15, 0.2) is 12.1 Å². The highest BCUT2D eigenvalue weighted by atomic mass is 19.2. The van der Waals surface area contributed by atoms with Crippen LogP contribution in [0.4, 0.5) is 18.9 Å². The van der Waals surface area contributed by atoms with Gasteiger partial charge in [0.15, 0.2) is 5.82 Å². The van der Waals surface area contributed by atoms with Crippen molar-refractivity contribution in [3.63, 3.8) is 0 Å². The fourth-order valence-corrected chi connectivity index (χ4v) is 0.839. The van der Waals surface area contributed by atoms with Gasteiger partial charge in [-0.25, -0.2) is 8.78 Å². The standard InChI is InChI=1S/C7H4F3NO2/c8-3-4-1-5(9)7(10)6(2-4)11(12)13/h1-2H,3H2. The molecule has 0 saturated heterocycles. The smallest absolute Gasteiger partial charge is 0.258 e. The number of alkyl halides is 1. The second-order valence-corrected chi connectivity index (χ2v) is 2.30. The lowest BCUT2D eigenvalue weighted by Gasteiger charge is -1.98. The third kappa shape index (κ3) is 1.77. The molecule has 0 bridgehead atoms. The van der Waals surface area contributed by atoms with Crippen molar-refractivity contribution in [2.75, 3.05) is 0 Å². The van der Waals surface area contributed by atoms with Crippen molar-refractivity contribution in [3.05, 3.63) is 39.4 Å². The van der Waals surface area contributed by atoms with Gasteiger partial charge in [-0.15, -0.1) is 0 Å². The first kappa shape index (κ1) is 9.50. The lowest BCUT2D eigenvalue weighted by Crippen LogP contribution is -1.97. The maximum absolute atomic E-state index is 12.6. The summed E-state index contributed by atoms with van der Waals surface area (Å²) < 4.78 is 37.1. The molecule has 0 aliphatic heterocycles. The lowest BCUT2D eigenvalue weighted by atomic mass is 10.2. The number of halogens is 3. The number of hydrogen-bond acceptors (Lipinski definition) is 2. The van der Waals surface area contributed by atoms with E-state index in [0.29, 0.717) is 12.1 Å². The normalized spacial score (nSPS) is 10.1. The molecule has 6 heteroatoms. The maximum Gasteiger partial charge on any atom is 0.308 e. The number of hydrogen-bond donors (Lipinski definition) is 0. The quantitative estimate of drug-likeness (QED) is 0.531. The van der Waals surface area contributed by atoms with Gasteiger partial charge in [-0.2, -0.15) is 4.39 Å². The van der Waals surface area contributed by atoms with Gasteiger partial charge in [0.05, 0.1) is 4.92 Å². The van der Waals surface area contributed by atoms with Crippen LogP contribution in [-0.4, -0.2) is 4.92 Å². The van der Waals surface area contributed by atoms with E-state index in [1.807, 2.05) is 0 Å². The van der Waals surface area contributed by atoms with Gasteiger partial charge in [-0.05, 0) is 11.6 Å². The molecule has 70 valence electrons. The average Bonchev–Trinajstić information content (AvgIpc) is 2.09. The van der Waals surface area contributed by atoms with E-state index < -0.39 is 28.9 Å². The Balaban J connectivity index is 3.33. The van der Waals surface area contributed by atoms with Gasteiger partial charge in [0.1, 0.15) is 6.67 Å². The molecule has 0 amide bonds. The van der Waals surface area contributed by atoms with Gasteiger partial charge in [0, 0.05) is 6.07 Å². The molecule has 0 fully saturated rings. The minimum atomic E-state index is -1.57. The van der Waals surface area contributed by atoms with Crippen molar-refractivity contribution in [1.29, 1.82) is 0 Å². The summed E-state index contributed by atoms with van der Waals surface area (Å²) in [5.74, 6) is -2.98. The summed E-state index contributed by atoms with van der Waals surface area (Å²) in [5.41, 5.74) is -1.31. The van der Waals surface area contributed by atoms with Crippen molar-refractivity contribution in [2.45, 2.75) is 6.67 Å². The van der Waals surface area contributed by atoms with Crippen LogP contribution >= 0.6 is 0 Å². The van der Waals surface area contributed by atoms with Crippen molar-refractivity contribution >= 4 is 5.69 Å². The van der Waals surface area contributed by atoms with Gasteiger partial charge in [0.25, 0.3) is 0 Å². The van der Waals surface area contributed by atoms with Crippen molar-refractivity contribution < 1.29 is 18.1 Å². The van der Waals surface area contributed by atoms with E-state index in [1.54, 1.807) is 0 Å². The number of benzene rings is 1. The Kier molecular flexibility index (Phi) is 2.50. The highest BCUT2D eigenvalue weighted by Crippen LogP contribution is 2.22. The van der Waals surface area contributed by atoms with Gasteiger partial charge < -0.3 is 0 Å². The lowest BCUT2D eigenvalue weighted by molar-refractivity contribution is -0.387. The second-order valence-electron chi connectivity index (χ2n) is 2.30. The molecular formula is C7H4F3NO2. The highest BCUT2D eigenvalue weighted by molar-refractivity contribution is 5.36. The van der Waals surface area contributed by atoms with E-state index >= 15 is 0 Å². The molecule has 1 rings (SSSR count). The molecular weight excluding hydrogens is 187 g/mol. The summed E-state index contributed by atoms with van der Waals surface area (Å²) in [6.07, 6.45) is 0. The summed E-state index contributed by atoms with van der Waals surface area (Å²) in [6.45, 7) is -1.07. The van der Waals surface area contributed by atoms with E-state index in [2.05, 4.69) is 0 Å². The van der Waals surface area contributed by atoms with Gasteiger partial charge >= 0.3 is 5.69 Å². The Morgan fingerprint density at radius 1 is 1.38 bits per heavy atom. The first-order chi connectivity index (χ1) is 6.06. The summed E-state index contributed by atoms with van der Waals surface area (Å²) in [6, 6.07) is 1.25. The molecule has 0 unspecified atom stereocenters. The monoisotopic (exact) mass is 191 g/mol. The molecule has 0 aromatic heterocycles. The van der Waals surface area contributed by atoms with Crippen molar-refractivity contribution in [2.24, 2.45) is 0 Å². The molecule has 13 heavy (non-hydrogen) atoms. The van der Waals surface area contributed by atoms with Crippen molar-refractivity contribution in [1.82, 2.24) is 0 Å². The van der Waals surface area contributed by atoms with Crippen LogP contribution < -0.4 is 0 Å². The van der Waals surface area contributed by atoms with Crippen molar-refractivity contribution in [3.8, 4) is 0 Å². The predicted molar refractivity (Wildman–Crippen MR) is 37.8 cm³/mol. The van der Waals surface area contributed by atoms with E-state index in [9.17, 15) is 23.3 Å². The Bertz CT molecular complexity index is 354. The number of nitro benzene ring substituents is 1. The van der Waals surface area contributed by atoms with Crippen LogP contribution in [-0.2, 0) is 6.67 Å². The minimum Gasteiger partial charge on any atom is -0.258 e. The molecule has 0 heterocycles. The number of nitrogens with zero attached hydrogens (tertiary/aromatic N) is 1. The van der Waals surface area contributed by atoms with Crippen LogP contribution in [0.25, 0.3) is 0 Å². The third-order valence-corrected chi connectivity index (χ3v) is 1.42. The van der Waals surface area contributed by atoms with E-state index in [0.717, 1.165) is 0 Å². The second kappa shape index (κ2) is 3.42. The fraction of sp³-hybridized carbons (Fsp3) is 0.143. The Morgan fingerprint density at radius 2 is 2.00 bits per heavy atom. The molecule has 0 saturated carbocycles. The molecule has 1 aromatic rings. The molecule has 0 spiro atoms. The zero-order valence-electron chi connectivity index (χ0n) is 6.26. The first-order valence-corrected chi connectivity index (χ1v) is 3.24. The van der Waals surface area contributed by atoms with Gasteiger partial charge in [-0.1, -0.05) is 0 Å². The Morgan fingerprint density at radius 3 is 2.46 bits per heavy atom. The molecule has 1 aromatic carbocycles. The van der Waals surface area contributed by atoms with Crippen LogP contribution in [0.3, 0.4) is 0 Å². The minimum absolute atomic E-state index is 0.259. The molecule has 0 atom stereocenters. The van der Waals surface area contributed by atoms with Crippen LogP contribution in [0.5, 0.6) is 0 Å². The Hall–Kier alpha value is -1.59. The van der Waals surface area contributed by atoms with Gasteiger partial charge in [-0.3, -0.25) is 10.1 Å². The van der Waals surface area contributed by atoms with E-state index in [1.165, 1.54) is 0 Å². The molecule has 3 nitrogen and oxygen atoms in total. The first-order valence-electron chi connectivity index (χ1n) is 3.24. The molecule has 0 radical (unpaired) electrons. The maximum atomic E-state index is 12.6. The van der Waals surface area contributed by atoms with Crippen LogP contribution in [0.1, 0.15) is 5.56 Å².